The van der Waals surface area contributed by atoms with E-state index in [1.54, 1.807) is 16.7 Å². The van der Waals surface area contributed by atoms with Crippen LogP contribution in [-0.4, -0.2) is 52.7 Å². The van der Waals surface area contributed by atoms with Gasteiger partial charge in [-0.2, -0.15) is 11.8 Å². The number of carboxylic acids is 1. The highest BCUT2D eigenvalue weighted by Gasteiger charge is 2.23. The fourth-order valence-electron chi connectivity index (χ4n) is 1.96. The van der Waals surface area contributed by atoms with Gasteiger partial charge < -0.3 is 14.8 Å². The van der Waals surface area contributed by atoms with Gasteiger partial charge in [-0.3, -0.25) is 4.79 Å². The summed E-state index contributed by atoms with van der Waals surface area (Å²) in [4.78, 5) is 29.5. The number of benzene rings is 1. The Morgan fingerprint density at radius 2 is 1.95 bits per heavy atom. The Labute approximate surface area is 127 Å². The molecular formula is C14H18N2O4S. The lowest BCUT2D eigenvalue weighted by molar-refractivity contribution is -0.142. The van der Waals surface area contributed by atoms with Crippen molar-refractivity contribution in [3.63, 3.8) is 0 Å². The molecule has 2 N–H and O–H groups in total. The zero-order valence-electron chi connectivity index (χ0n) is 11.5. The highest BCUT2D eigenvalue weighted by Crippen LogP contribution is 2.10. The number of aliphatic carboxylic acids is 1. The van der Waals surface area contributed by atoms with Crippen molar-refractivity contribution in [1.82, 2.24) is 10.4 Å². The van der Waals surface area contributed by atoms with Gasteiger partial charge >= 0.3 is 12.1 Å². The summed E-state index contributed by atoms with van der Waals surface area (Å²) in [5, 5.41) is 9.19. The SMILES string of the molecule is O=C(O)[C@H](Cc1ccccc1)NOC(=O)N1CCSCC1. The number of hydrogen-bond donors (Lipinski definition) is 2. The van der Waals surface area contributed by atoms with Crippen LogP contribution in [0.25, 0.3) is 0 Å². The summed E-state index contributed by atoms with van der Waals surface area (Å²) < 4.78 is 0. The molecule has 0 aliphatic carbocycles. The average Bonchev–Trinajstić information content (AvgIpc) is 2.52. The third-order valence-corrected chi connectivity index (χ3v) is 4.08. The first-order chi connectivity index (χ1) is 10.2. The quantitative estimate of drug-likeness (QED) is 0.800. The van der Waals surface area contributed by atoms with Gasteiger partial charge in [0.15, 0.2) is 0 Å². The summed E-state index contributed by atoms with van der Waals surface area (Å²) in [7, 11) is 0. The zero-order chi connectivity index (χ0) is 15.1. The second-order valence-corrected chi connectivity index (χ2v) is 5.89. The molecule has 1 aromatic carbocycles. The van der Waals surface area contributed by atoms with Gasteiger partial charge in [-0.15, -0.1) is 5.48 Å². The second kappa shape index (κ2) is 7.90. The Morgan fingerprint density at radius 1 is 1.29 bits per heavy atom. The molecule has 21 heavy (non-hydrogen) atoms. The van der Waals surface area contributed by atoms with Crippen LogP contribution in [-0.2, 0) is 16.1 Å². The first kappa shape index (κ1) is 15.7. The van der Waals surface area contributed by atoms with Crippen LogP contribution in [0.1, 0.15) is 5.56 Å². The van der Waals surface area contributed by atoms with Gasteiger partial charge in [0, 0.05) is 31.0 Å². The van der Waals surface area contributed by atoms with Crippen molar-refractivity contribution >= 4 is 23.8 Å². The Balaban J connectivity index is 1.85. The molecule has 114 valence electrons. The standard InChI is InChI=1S/C14H18N2O4S/c17-13(18)12(10-11-4-2-1-3-5-11)15-20-14(19)16-6-8-21-9-7-16/h1-5,12,15H,6-10H2,(H,17,18)/t12-/m0/s1. The van der Waals surface area contributed by atoms with Gasteiger partial charge in [0.1, 0.15) is 6.04 Å². The fraction of sp³-hybridized carbons (Fsp3) is 0.429. The van der Waals surface area contributed by atoms with Crippen LogP contribution in [0, 0.1) is 0 Å². The van der Waals surface area contributed by atoms with Crippen LogP contribution in [0.4, 0.5) is 4.79 Å². The van der Waals surface area contributed by atoms with Crippen LogP contribution in [0.2, 0.25) is 0 Å². The molecule has 1 aliphatic rings. The first-order valence-corrected chi connectivity index (χ1v) is 7.88. The van der Waals surface area contributed by atoms with Crippen LogP contribution in [0.3, 0.4) is 0 Å². The van der Waals surface area contributed by atoms with E-state index in [9.17, 15) is 14.7 Å². The van der Waals surface area contributed by atoms with Gasteiger partial charge in [0.05, 0.1) is 0 Å². The van der Waals surface area contributed by atoms with Crippen LogP contribution in [0.5, 0.6) is 0 Å². The molecule has 0 spiro atoms. The molecule has 1 atom stereocenters. The van der Waals surface area contributed by atoms with Crippen LogP contribution in [0.15, 0.2) is 30.3 Å². The predicted molar refractivity (Wildman–Crippen MR) is 80.1 cm³/mol. The molecule has 0 unspecified atom stereocenters. The lowest BCUT2D eigenvalue weighted by Gasteiger charge is -2.26. The monoisotopic (exact) mass is 310 g/mol. The van der Waals surface area contributed by atoms with Crippen molar-refractivity contribution in [2.24, 2.45) is 0 Å². The minimum atomic E-state index is -1.05. The molecule has 7 heteroatoms. The Morgan fingerprint density at radius 3 is 2.57 bits per heavy atom. The largest absolute Gasteiger partial charge is 0.480 e. The van der Waals surface area contributed by atoms with E-state index in [-0.39, 0.29) is 6.42 Å². The maximum Gasteiger partial charge on any atom is 0.428 e. The number of carbonyl (C=O) groups excluding carboxylic acids is 1. The maximum absolute atomic E-state index is 11.8. The number of hydroxylamine groups is 1. The Hall–Kier alpha value is -1.73. The van der Waals surface area contributed by atoms with Gasteiger partial charge in [0.2, 0.25) is 0 Å². The number of nitrogens with one attached hydrogen (secondary N) is 1. The summed E-state index contributed by atoms with van der Waals surface area (Å²) >= 11 is 1.78. The van der Waals surface area contributed by atoms with Crippen molar-refractivity contribution in [2.75, 3.05) is 24.6 Å². The third-order valence-electron chi connectivity index (χ3n) is 3.14. The van der Waals surface area contributed by atoms with Crippen molar-refractivity contribution in [2.45, 2.75) is 12.5 Å². The summed E-state index contributed by atoms with van der Waals surface area (Å²) in [5.41, 5.74) is 3.23. The lowest BCUT2D eigenvalue weighted by Crippen LogP contribution is -2.45. The number of amides is 1. The number of nitrogens with zero attached hydrogens (tertiary/aromatic N) is 1. The average molecular weight is 310 g/mol. The van der Waals surface area contributed by atoms with Crippen LogP contribution < -0.4 is 5.48 Å². The van der Waals surface area contributed by atoms with E-state index in [0.29, 0.717) is 13.1 Å². The molecule has 0 aromatic heterocycles. The molecule has 1 aliphatic heterocycles. The summed E-state index contributed by atoms with van der Waals surface area (Å²) in [6, 6.07) is 8.25. The van der Waals surface area contributed by atoms with Gasteiger partial charge in [-0.1, -0.05) is 30.3 Å². The summed E-state index contributed by atoms with van der Waals surface area (Å²) in [5.74, 6) is 0.698. The molecule has 1 saturated heterocycles. The van der Waals surface area contributed by atoms with E-state index < -0.39 is 18.1 Å². The minimum absolute atomic E-state index is 0.249. The fourth-order valence-corrected chi connectivity index (χ4v) is 2.86. The molecule has 0 radical (unpaired) electrons. The normalized spacial score (nSPS) is 16.3. The molecule has 1 aromatic rings. The second-order valence-electron chi connectivity index (χ2n) is 4.67. The topological polar surface area (TPSA) is 78.9 Å². The lowest BCUT2D eigenvalue weighted by atomic mass is 10.1. The van der Waals surface area contributed by atoms with Crippen molar-refractivity contribution in [3.05, 3.63) is 35.9 Å². The molecule has 1 fully saturated rings. The smallest absolute Gasteiger partial charge is 0.428 e. The molecule has 1 amide bonds. The van der Waals surface area contributed by atoms with E-state index in [4.69, 9.17) is 4.84 Å². The molecule has 6 nitrogen and oxygen atoms in total. The van der Waals surface area contributed by atoms with Gasteiger partial charge in [-0.05, 0) is 5.56 Å². The van der Waals surface area contributed by atoms with Gasteiger partial charge in [-0.25, -0.2) is 4.79 Å². The molecule has 2 rings (SSSR count). The Bertz CT molecular complexity index is 477. The number of carbonyl (C=O) groups is 2. The summed E-state index contributed by atoms with van der Waals surface area (Å²) in [6.45, 7) is 1.25. The highest BCUT2D eigenvalue weighted by atomic mass is 32.2. The number of carboxylic acid groups (broad SMARTS) is 1. The zero-order valence-corrected chi connectivity index (χ0v) is 12.3. The van der Waals surface area contributed by atoms with E-state index in [0.717, 1.165) is 17.1 Å². The predicted octanol–water partition coefficient (Wildman–Crippen LogP) is 1.37. The maximum atomic E-state index is 11.8. The van der Waals surface area contributed by atoms with Crippen molar-refractivity contribution in [1.29, 1.82) is 0 Å². The molecular weight excluding hydrogens is 292 g/mol. The third kappa shape index (κ3) is 4.95. The van der Waals surface area contributed by atoms with Crippen molar-refractivity contribution in [3.8, 4) is 0 Å². The highest BCUT2D eigenvalue weighted by molar-refractivity contribution is 7.99. The number of thioether (sulfide) groups is 1. The van der Waals surface area contributed by atoms with E-state index in [1.165, 1.54) is 0 Å². The van der Waals surface area contributed by atoms with E-state index in [1.807, 2.05) is 30.3 Å². The first-order valence-electron chi connectivity index (χ1n) is 6.72. The number of hydrogen-bond acceptors (Lipinski definition) is 5. The number of rotatable bonds is 5. The van der Waals surface area contributed by atoms with Gasteiger partial charge in [0.25, 0.3) is 0 Å². The Kier molecular flexibility index (Phi) is 5.89. The van der Waals surface area contributed by atoms with Crippen LogP contribution >= 0.6 is 11.8 Å². The molecule has 0 saturated carbocycles. The minimum Gasteiger partial charge on any atom is -0.480 e. The van der Waals surface area contributed by atoms with E-state index >= 15 is 0 Å². The molecule has 0 bridgehead atoms. The summed E-state index contributed by atoms with van der Waals surface area (Å²) in [6.07, 6.45) is -0.270. The molecule has 1 heterocycles. The van der Waals surface area contributed by atoms with Crippen molar-refractivity contribution < 1.29 is 19.5 Å². The van der Waals surface area contributed by atoms with E-state index in [2.05, 4.69) is 5.48 Å².